The maximum Gasteiger partial charge on any atom is 0.270 e. The summed E-state index contributed by atoms with van der Waals surface area (Å²) in [5.74, 6) is 1.77. The Morgan fingerprint density at radius 1 is 1.12 bits per heavy atom. The number of hydrogen-bond acceptors (Lipinski definition) is 7. The van der Waals surface area contributed by atoms with Crippen molar-refractivity contribution >= 4 is 16.9 Å². The molecule has 6 rings (SSSR count). The van der Waals surface area contributed by atoms with Crippen molar-refractivity contribution in [3.63, 3.8) is 0 Å². The number of fused-ring (bicyclic) bond motifs is 2. The lowest BCUT2D eigenvalue weighted by molar-refractivity contribution is -0.129. The number of carbonyl (C=O) groups is 1. The van der Waals surface area contributed by atoms with Gasteiger partial charge in [-0.1, -0.05) is 24.8 Å². The van der Waals surface area contributed by atoms with Crippen molar-refractivity contribution in [2.75, 3.05) is 59.6 Å². The first-order valence-corrected chi connectivity index (χ1v) is 14.6. The van der Waals surface area contributed by atoms with Gasteiger partial charge < -0.3 is 29.6 Å². The van der Waals surface area contributed by atoms with Crippen LogP contribution < -0.4 is 10.1 Å². The van der Waals surface area contributed by atoms with Crippen LogP contribution in [0.15, 0.2) is 60.4 Å². The maximum atomic E-state index is 13.8. The average Bonchev–Trinajstić information content (AvgIpc) is 3.48. The van der Waals surface area contributed by atoms with Gasteiger partial charge in [-0.15, -0.1) is 0 Å². The molecule has 3 aromatic rings. The van der Waals surface area contributed by atoms with Crippen LogP contribution >= 0.6 is 0 Å². The summed E-state index contributed by atoms with van der Waals surface area (Å²) in [6.45, 7) is 13.4. The molecular weight excluding hydrogens is 516 g/mol. The predicted molar refractivity (Wildman–Crippen MR) is 160 cm³/mol. The summed E-state index contributed by atoms with van der Waals surface area (Å²) in [6.07, 6.45) is 3.88. The first-order valence-electron chi connectivity index (χ1n) is 14.6. The molecular formula is C32H40N6O3. The van der Waals surface area contributed by atoms with Crippen LogP contribution in [-0.2, 0) is 16.1 Å². The molecule has 216 valence electrons. The minimum atomic E-state index is 0.0336. The number of imidazole rings is 1. The topological polar surface area (TPSA) is 86.0 Å². The third kappa shape index (κ3) is 5.96. The molecule has 1 atom stereocenters. The van der Waals surface area contributed by atoms with Gasteiger partial charge >= 0.3 is 0 Å². The van der Waals surface area contributed by atoms with E-state index in [1.165, 1.54) is 0 Å². The zero-order valence-corrected chi connectivity index (χ0v) is 24.1. The quantitative estimate of drug-likeness (QED) is 0.410. The molecule has 0 bridgehead atoms. The summed E-state index contributed by atoms with van der Waals surface area (Å²) in [5.41, 5.74) is 6.87. The molecule has 2 N–H and O–H groups in total. The highest BCUT2D eigenvalue weighted by molar-refractivity contribution is 5.93. The fourth-order valence-corrected chi connectivity index (χ4v) is 6.03. The number of rotatable bonds is 8. The fourth-order valence-electron chi connectivity index (χ4n) is 6.03. The second kappa shape index (κ2) is 12.0. The van der Waals surface area contributed by atoms with Gasteiger partial charge in [0.15, 0.2) is 0 Å². The number of amides is 1. The molecule has 0 radical (unpaired) electrons. The summed E-state index contributed by atoms with van der Waals surface area (Å²) in [5, 5.41) is 3.51. The Hall–Kier alpha value is -3.82. The Kier molecular flexibility index (Phi) is 7.98. The van der Waals surface area contributed by atoms with Crippen LogP contribution in [0.4, 0.5) is 0 Å². The number of nitrogens with zero attached hydrogens (tertiary/aromatic N) is 4. The third-order valence-corrected chi connectivity index (χ3v) is 8.37. The number of aryl methyl sites for hydroxylation is 1. The first-order chi connectivity index (χ1) is 20.0. The normalized spacial score (nSPS) is 19.5. The Bertz CT molecular complexity index is 1460. The molecule has 3 aliphatic heterocycles. The van der Waals surface area contributed by atoms with Crippen LogP contribution in [-0.4, -0.2) is 96.2 Å². The monoisotopic (exact) mass is 556 g/mol. The Balaban J connectivity index is 1.08. The number of hydrogen-bond donors (Lipinski definition) is 2. The highest BCUT2D eigenvalue weighted by Gasteiger charge is 2.32. The number of aromatic nitrogens is 2. The lowest BCUT2D eigenvalue weighted by Gasteiger charge is -2.30. The van der Waals surface area contributed by atoms with Crippen molar-refractivity contribution in [1.29, 1.82) is 0 Å². The van der Waals surface area contributed by atoms with Crippen LogP contribution in [0.3, 0.4) is 0 Å². The number of H-pyrrole nitrogens is 1. The van der Waals surface area contributed by atoms with Crippen LogP contribution in [0.1, 0.15) is 24.2 Å². The molecule has 1 amide bonds. The molecule has 1 aromatic heterocycles. The van der Waals surface area contributed by atoms with Gasteiger partial charge in [-0.05, 0) is 61.7 Å². The smallest absolute Gasteiger partial charge is 0.270 e. The summed E-state index contributed by atoms with van der Waals surface area (Å²) >= 11 is 0. The van der Waals surface area contributed by atoms with Crippen molar-refractivity contribution in [2.24, 2.45) is 0 Å². The van der Waals surface area contributed by atoms with Crippen LogP contribution in [0.25, 0.3) is 22.2 Å². The number of carbonyl (C=O) groups excluding carboxylic acids is 1. The Morgan fingerprint density at radius 2 is 1.93 bits per heavy atom. The van der Waals surface area contributed by atoms with E-state index < -0.39 is 0 Å². The molecule has 3 aliphatic rings. The van der Waals surface area contributed by atoms with Gasteiger partial charge in [0.2, 0.25) is 0 Å². The van der Waals surface area contributed by atoms with Crippen LogP contribution in [0.5, 0.6) is 5.75 Å². The highest BCUT2D eigenvalue weighted by Crippen LogP contribution is 2.32. The van der Waals surface area contributed by atoms with E-state index >= 15 is 0 Å². The van der Waals surface area contributed by atoms with Crippen molar-refractivity contribution in [3.05, 3.63) is 71.8 Å². The molecule has 9 nitrogen and oxygen atoms in total. The van der Waals surface area contributed by atoms with Gasteiger partial charge in [-0.2, -0.15) is 0 Å². The summed E-state index contributed by atoms with van der Waals surface area (Å²) in [7, 11) is 2.00. The Labute approximate surface area is 241 Å². The Morgan fingerprint density at radius 3 is 2.78 bits per heavy atom. The molecule has 1 unspecified atom stereocenters. The minimum absolute atomic E-state index is 0.0336. The molecule has 41 heavy (non-hydrogen) atoms. The number of benzene rings is 2. The molecule has 0 aliphatic carbocycles. The van der Waals surface area contributed by atoms with E-state index in [1.54, 1.807) is 0 Å². The van der Waals surface area contributed by atoms with Gasteiger partial charge in [0.05, 0.1) is 42.5 Å². The van der Waals surface area contributed by atoms with E-state index in [1.807, 2.05) is 31.0 Å². The maximum absolute atomic E-state index is 13.8. The number of ether oxygens (including phenoxy) is 2. The lowest BCUT2D eigenvalue weighted by atomic mass is 10.0. The number of aromatic amines is 1. The summed E-state index contributed by atoms with van der Waals surface area (Å²) < 4.78 is 11.5. The third-order valence-electron chi connectivity index (χ3n) is 8.37. The number of nitrogens with one attached hydrogen (secondary N) is 2. The van der Waals surface area contributed by atoms with Gasteiger partial charge in [0, 0.05) is 44.5 Å². The SMILES string of the molecule is C=C(NCCCN1CCOCC1)C1CC=C(C(=O)N2CCOc3ccc(-c4ccc5nc(C)[nH]c5c4)cc3C2)N1C. The van der Waals surface area contributed by atoms with Gasteiger partial charge in [0.1, 0.15) is 18.2 Å². The molecule has 2 aromatic carbocycles. The fraction of sp³-hybridized carbons (Fsp3) is 0.438. The molecule has 0 saturated carbocycles. The van der Waals surface area contributed by atoms with Gasteiger partial charge in [-0.25, -0.2) is 4.98 Å². The second-order valence-corrected chi connectivity index (χ2v) is 11.2. The molecule has 9 heteroatoms. The van der Waals surface area contributed by atoms with Crippen molar-refractivity contribution in [1.82, 2.24) is 30.0 Å². The minimum Gasteiger partial charge on any atom is -0.491 e. The zero-order valence-electron chi connectivity index (χ0n) is 24.1. The molecule has 1 fully saturated rings. The van der Waals surface area contributed by atoms with Crippen molar-refractivity contribution < 1.29 is 14.3 Å². The van der Waals surface area contributed by atoms with Crippen molar-refractivity contribution in [3.8, 4) is 16.9 Å². The number of morpholine rings is 1. The van der Waals surface area contributed by atoms with Crippen molar-refractivity contribution in [2.45, 2.75) is 32.4 Å². The summed E-state index contributed by atoms with van der Waals surface area (Å²) in [6, 6.07) is 12.6. The van der Waals surface area contributed by atoms with E-state index in [0.717, 1.165) is 103 Å². The number of likely N-dealkylation sites (N-methyl/N-ethyl adjacent to an activating group) is 1. The average molecular weight is 557 g/mol. The van der Waals surface area contributed by atoms with E-state index in [0.29, 0.717) is 19.7 Å². The van der Waals surface area contributed by atoms with Crippen LogP contribution in [0.2, 0.25) is 0 Å². The van der Waals surface area contributed by atoms with E-state index in [2.05, 4.69) is 62.0 Å². The standard InChI is InChI=1S/C32H40N6O3/c1-22(33-11-4-12-37-13-16-40-17-14-37)29-8-9-30(36(29)3)32(39)38-15-18-41-31-10-6-24(19-26(31)21-38)25-5-7-27-28(20-25)35-23(2)34-27/h5-7,9-10,19-20,29,33H,1,4,8,11-18,21H2,2-3H3,(H,34,35). The second-order valence-electron chi connectivity index (χ2n) is 11.2. The summed E-state index contributed by atoms with van der Waals surface area (Å²) in [4.78, 5) is 28.0. The highest BCUT2D eigenvalue weighted by atomic mass is 16.5. The van der Waals surface area contributed by atoms with Gasteiger partial charge in [-0.3, -0.25) is 9.69 Å². The van der Waals surface area contributed by atoms with Gasteiger partial charge in [0.25, 0.3) is 5.91 Å². The molecule has 1 saturated heterocycles. The van der Waals surface area contributed by atoms with E-state index in [4.69, 9.17) is 9.47 Å². The largest absolute Gasteiger partial charge is 0.491 e. The zero-order chi connectivity index (χ0) is 28.3. The van der Waals surface area contributed by atoms with E-state index in [-0.39, 0.29) is 11.9 Å². The first kappa shape index (κ1) is 27.4. The molecule has 0 spiro atoms. The lowest BCUT2D eigenvalue weighted by Crippen LogP contribution is -2.41. The van der Waals surface area contributed by atoms with Crippen LogP contribution in [0, 0.1) is 6.92 Å². The predicted octanol–water partition coefficient (Wildman–Crippen LogP) is 3.67. The van der Waals surface area contributed by atoms with E-state index in [9.17, 15) is 4.79 Å². The molecule has 4 heterocycles.